The highest BCUT2D eigenvalue weighted by Crippen LogP contribution is 2.53. The van der Waals surface area contributed by atoms with E-state index >= 15 is 0 Å². The van der Waals surface area contributed by atoms with Crippen LogP contribution in [0, 0.1) is 25.7 Å². The molecule has 1 aliphatic heterocycles. The number of hydrogen-bond donors (Lipinski definition) is 0. The first kappa shape index (κ1) is 22.0. The van der Waals surface area contributed by atoms with Gasteiger partial charge in [0.2, 0.25) is 5.30 Å². The van der Waals surface area contributed by atoms with Gasteiger partial charge in [0.05, 0.1) is 0 Å². The highest BCUT2D eigenvalue weighted by Gasteiger charge is 2.52. The summed E-state index contributed by atoms with van der Waals surface area (Å²) in [6.07, 6.45) is 3.62. The van der Waals surface area contributed by atoms with Gasteiger partial charge in [-0.1, -0.05) is 96.6 Å². The minimum Gasteiger partial charge on any atom is -0.0677 e. The summed E-state index contributed by atoms with van der Waals surface area (Å²) in [5.41, 5.74) is 4.25. The van der Waals surface area contributed by atoms with Crippen molar-refractivity contribution in [2.24, 2.45) is 11.8 Å². The topological polar surface area (TPSA) is 17.1 Å². The summed E-state index contributed by atoms with van der Waals surface area (Å²) >= 11 is 0. The molecule has 3 aromatic rings. The highest BCUT2D eigenvalue weighted by molar-refractivity contribution is 7.81. The third-order valence-corrected chi connectivity index (χ3v) is 12.5. The van der Waals surface area contributed by atoms with E-state index in [2.05, 4.69) is 94.4 Å². The molecule has 1 aliphatic carbocycles. The van der Waals surface area contributed by atoms with E-state index in [-0.39, 0.29) is 0 Å². The second-order valence-electron chi connectivity index (χ2n) is 9.99. The average molecular weight is 460 g/mol. The normalized spacial score (nSPS) is 26.0. The molecule has 0 N–H and O–H groups in total. The lowest BCUT2D eigenvalue weighted by atomic mass is 9.74. The zero-order chi connectivity index (χ0) is 22.4. The number of benzene rings is 3. The standard InChI is InChI=1S/C29H33OP2/c1-19-8-13-23(14-9-19)31(24-15-10-20(2)11-16-24)27-7-5-6-26-22(4)25-17-12-21(3)18-28(25)32(30)29(26)27/h5-11,13-16,21-22,25,28H,12,17-18H2,1-4H3/q+1/t21-,22?,25+,28-/m1/s1. The van der Waals surface area contributed by atoms with Crippen LogP contribution in [0.1, 0.15) is 55.7 Å². The van der Waals surface area contributed by atoms with E-state index in [1.165, 1.54) is 50.8 Å². The molecule has 2 unspecified atom stereocenters. The quantitative estimate of drug-likeness (QED) is 0.412. The minimum atomic E-state index is -1.40. The van der Waals surface area contributed by atoms with Crippen LogP contribution in [0.2, 0.25) is 0 Å². The van der Waals surface area contributed by atoms with Crippen LogP contribution < -0.4 is 21.2 Å². The Kier molecular flexibility index (Phi) is 6.09. The van der Waals surface area contributed by atoms with Crippen LogP contribution in [0.3, 0.4) is 0 Å². The van der Waals surface area contributed by atoms with E-state index < -0.39 is 15.7 Å². The molecule has 1 nitrogen and oxygen atoms in total. The molecule has 0 bridgehead atoms. The number of fused-ring (bicyclic) bond motifs is 2. The monoisotopic (exact) mass is 459 g/mol. The van der Waals surface area contributed by atoms with Gasteiger partial charge in [0.1, 0.15) is 0 Å². The van der Waals surface area contributed by atoms with Crippen LogP contribution in [0.15, 0.2) is 66.7 Å². The first-order valence-electron chi connectivity index (χ1n) is 12.0. The summed E-state index contributed by atoms with van der Waals surface area (Å²) in [4.78, 5) is 0. The predicted octanol–water partition coefficient (Wildman–Crippen LogP) is 6.44. The van der Waals surface area contributed by atoms with E-state index in [1.807, 2.05) is 0 Å². The Morgan fingerprint density at radius 3 is 2.00 bits per heavy atom. The van der Waals surface area contributed by atoms with Crippen molar-refractivity contribution in [2.45, 2.75) is 58.5 Å². The van der Waals surface area contributed by atoms with Crippen molar-refractivity contribution in [3.8, 4) is 0 Å². The molecule has 3 aromatic carbocycles. The van der Waals surface area contributed by atoms with Gasteiger partial charge in [-0.15, -0.1) is 0 Å². The number of rotatable bonds is 3. The zero-order valence-corrected chi connectivity index (χ0v) is 21.4. The van der Waals surface area contributed by atoms with Crippen LogP contribution in [-0.2, 0) is 4.57 Å². The van der Waals surface area contributed by atoms with Crippen molar-refractivity contribution in [1.29, 1.82) is 0 Å². The van der Waals surface area contributed by atoms with Crippen LogP contribution >= 0.6 is 15.7 Å². The van der Waals surface area contributed by atoms with Gasteiger partial charge in [0.25, 0.3) is 0 Å². The molecular weight excluding hydrogens is 426 g/mol. The molecule has 3 heteroatoms. The van der Waals surface area contributed by atoms with Crippen LogP contribution in [0.5, 0.6) is 0 Å². The van der Waals surface area contributed by atoms with E-state index in [0.717, 1.165) is 6.42 Å². The largest absolute Gasteiger partial charge is 0.381 e. The molecular formula is C29H33OP2+. The second-order valence-corrected chi connectivity index (χ2v) is 13.9. The average Bonchev–Trinajstić information content (AvgIpc) is 2.80. The Labute approximate surface area is 195 Å². The van der Waals surface area contributed by atoms with Gasteiger partial charge in [-0.2, -0.15) is 0 Å². The first-order valence-corrected chi connectivity index (χ1v) is 14.6. The third-order valence-electron chi connectivity index (χ3n) is 7.66. The SMILES string of the molecule is Cc1ccc(P(c2ccc(C)cc2)c2cccc3c2[P+](=O)[C@@H]2C[C@H](C)CC[C@H]2C3C)cc1. The molecule has 32 heavy (non-hydrogen) atoms. The molecule has 0 spiro atoms. The molecule has 0 aromatic heterocycles. The molecule has 5 atom stereocenters. The van der Waals surface area contributed by atoms with E-state index in [9.17, 15) is 4.57 Å². The van der Waals surface area contributed by atoms with E-state index in [0.29, 0.717) is 23.4 Å². The predicted molar refractivity (Wildman–Crippen MR) is 141 cm³/mol. The number of hydrogen-bond acceptors (Lipinski definition) is 1. The summed E-state index contributed by atoms with van der Waals surface area (Å²) in [5.74, 6) is 1.75. The van der Waals surface area contributed by atoms with Gasteiger partial charge in [0.15, 0.2) is 5.66 Å². The number of aryl methyl sites for hydroxylation is 2. The van der Waals surface area contributed by atoms with Gasteiger partial charge in [-0.25, -0.2) is 0 Å². The Balaban J connectivity index is 1.70. The van der Waals surface area contributed by atoms with E-state index in [1.54, 1.807) is 0 Å². The van der Waals surface area contributed by atoms with Gasteiger partial charge in [-0.3, -0.25) is 0 Å². The molecule has 0 amide bonds. The van der Waals surface area contributed by atoms with Crippen LogP contribution in [0.25, 0.3) is 0 Å². The maximum Gasteiger partial charge on any atom is 0.381 e. The summed E-state index contributed by atoms with van der Waals surface area (Å²) in [6, 6.07) is 24.8. The van der Waals surface area contributed by atoms with Crippen molar-refractivity contribution in [3.63, 3.8) is 0 Å². The summed E-state index contributed by atoms with van der Waals surface area (Å²) < 4.78 is 14.2. The molecule has 5 rings (SSSR count). The van der Waals surface area contributed by atoms with Crippen LogP contribution in [0.4, 0.5) is 0 Å². The Hall–Kier alpha value is -1.81. The van der Waals surface area contributed by atoms with Gasteiger partial charge in [-0.05, 0) is 63.1 Å². The summed E-state index contributed by atoms with van der Waals surface area (Å²) in [7, 11) is -2.15. The Morgan fingerprint density at radius 2 is 1.41 bits per heavy atom. The van der Waals surface area contributed by atoms with Crippen molar-refractivity contribution in [3.05, 3.63) is 83.4 Å². The lowest BCUT2D eigenvalue weighted by Gasteiger charge is -2.37. The highest BCUT2D eigenvalue weighted by atomic mass is 31.1. The maximum atomic E-state index is 14.2. The summed E-state index contributed by atoms with van der Waals surface area (Å²) in [5, 5.41) is 5.20. The maximum absolute atomic E-state index is 14.2. The zero-order valence-electron chi connectivity index (χ0n) is 19.6. The van der Waals surface area contributed by atoms with Crippen molar-refractivity contribution < 1.29 is 4.57 Å². The third kappa shape index (κ3) is 3.89. The molecule has 1 fully saturated rings. The van der Waals surface area contributed by atoms with Gasteiger partial charge >= 0.3 is 7.80 Å². The van der Waals surface area contributed by atoms with E-state index in [4.69, 9.17) is 0 Å². The fourth-order valence-corrected chi connectivity index (χ4v) is 11.2. The fourth-order valence-electron chi connectivity index (χ4n) is 5.78. The molecule has 0 radical (unpaired) electrons. The molecule has 1 heterocycles. The molecule has 1 saturated carbocycles. The fraction of sp³-hybridized carbons (Fsp3) is 0.379. The Bertz CT molecular complexity index is 1090. The molecule has 0 saturated heterocycles. The minimum absolute atomic E-state index is 0.338. The second kappa shape index (κ2) is 8.85. The van der Waals surface area contributed by atoms with Crippen molar-refractivity contribution in [2.75, 3.05) is 0 Å². The Morgan fingerprint density at radius 1 is 0.812 bits per heavy atom. The summed E-state index contributed by atoms with van der Waals surface area (Å²) in [6.45, 7) is 9.02. The van der Waals surface area contributed by atoms with Crippen molar-refractivity contribution >= 4 is 36.9 Å². The molecule has 2 aliphatic rings. The van der Waals surface area contributed by atoms with Gasteiger partial charge in [0, 0.05) is 16.8 Å². The smallest absolute Gasteiger partial charge is 0.0677 e. The van der Waals surface area contributed by atoms with Gasteiger partial charge < -0.3 is 0 Å². The lowest BCUT2D eigenvalue weighted by Crippen LogP contribution is -2.42. The van der Waals surface area contributed by atoms with Crippen LogP contribution in [-0.4, -0.2) is 5.66 Å². The first-order chi connectivity index (χ1) is 15.4. The molecule has 164 valence electrons. The lowest BCUT2D eigenvalue weighted by molar-refractivity contribution is 0.263. The van der Waals surface area contributed by atoms with Crippen molar-refractivity contribution in [1.82, 2.24) is 0 Å².